The molecule has 0 aliphatic heterocycles. The molecular weight excluding hydrogens is 420 g/mol. The van der Waals surface area contributed by atoms with E-state index in [2.05, 4.69) is 15.3 Å². The SMILES string of the molecule is CC(=O)NCc1cccc(-c2cc3c(nc(N(C)C(=O)OC(C)(C)C)c4ncn(C)c43)[nH]2)c1. The van der Waals surface area contributed by atoms with Gasteiger partial charge in [0.25, 0.3) is 0 Å². The molecule has 0 saturated carbocycles. The molecule has 33 heavy (non-hydrogen) atoms. The lowest BCUT2D eigenvalue weighted by atomic mass is 10.1. The summed E-state index contributed by atoms with van der Waals surface area (Å²) in [4.78, 5) is 38.0. The van der Waals surface area contributed by atoms with E-state index < -0.39 is 11.7 Å². The molecular formula is C24H28N6O3. The molecule has 3 heterocycles. The Balaban J connectivity index is 1.79. The number of nitrogens with zero attached hydrogens (tertiary/aromatic N) is 4. The average Bonchev–Trinajstić information content (AvgIpc) is 3.33. The average molecular weight is 449 g/mol. The number of aromatic nitrogens is 4. The van der Waals surface area contributed by atoms with E-state index >= 15 is 0 Å². The molecule has 0 aliphatic carbocycles. The van der Waals surface area contributed by atoms with Crippen LogP contribution in [0.1, 0.15) is 33.3 Å². The Morgan fingerprint density at radius 2 is 2.00 bits per heavy atom. The Bertz CT molecular complexity index is 1360. The monoisotopic (exact) mass is 448 g/mol. The third-order valence-electron chi connectivity index (χ3n) is 5.18. The lowest BCUT2D eigenvalue weighted by Crippen LogP contribution is -2.34. The molecule has 172 valence electrons. The van der Waals surface area contributed by atoms with Crippen LogP contribution in [0.5, 0.6) is 0 Å². The van der Waals surface area contributed by atoms with Crippen molar-refractivity contribution >= 4 is 39.9 Å². The molecule has 2 amide bonds. The maximum atomic E-state index is 12.7. The van der Waals surface area contributed by atoms with Crippen molar-refractivity contribution in [2.75, 3.05) is 11.9 Å². The van der Waals surface area contributed by atoms with Gasteiger partial charge in [-0.2, -0.15) is 0 Å². The van der Waals surface area contributed by atoms with E-state index in [9.17, 15) is 9.59 Å². The largest absolute Gasteiger partial charge is 0.443 e. The van der Waals surface area contributed by atoms with Gasteiger partial charge in [-0.1, -0.05) is 18.2 Å². The molecule has 0 spiro atoms. The molecule has 3 aromatic heterocycles. The summed E-state index contributed by atoms with van der Waals surface area (Å²) < 4.78 is 7.43. The molecule has 0 bridgehead atoms. The molecule has 0 aliphatic rings. The summed E-state index contributed by atoms with van der Waals surface area (Å²) in [5.41, 5.74) is 4.32. The van der Waals surface area contributed by atoms with Gasteiger partial charge in [-0.3, -0.25) is 9.69 Å². The molecule has 0 unspecified atom stereocenters. The van der Waals surface area contributed by atoms with Crippen LogP contribution in [0, 0.1) is 0 Å². The molecule has 0 radical (unpaired) electrons. The Morgan fingerprint density at radius 1 is 1.24 bits per heavy atom. The summed E-state index contributed by atoms with van der Waals surface area (Å²) in [5.74, 6) is 0.343. The zero-order valence-electron chi connectivity index (χ0n) is 19.7. The lowest BCUT2D eigenvalue weighted by molar-refractivity contribution is -0.119. The zero-order valence-corrected chi connectivity index (χ0v) is 19.7. The summed E-state index contributed by atoms with van der Waals surface area (Å²) in [6.07, 6.45) is 1.21. The highest BCUT2D eigenvalue weighted by molar-refractivity contribution is 6.09. The predicted octanol–water partition coefficient (Wildman–Crippen LogP) is 4.12. The number of pyridine rings is 1. The first-order chi connectivity index (χ1) is 15.5. The molecule has 0 atom stereocenters. The molecule has 2 N–H and O–H groups in total. The second kappa shape index (κ2) is 8.23. The number of nitrogens with one attached hydrogen (secondary N) is 2. The molecule has 9 nitrogen and oxygen atoms in total. The fourth-order valence-corrected chi connectivity index (χ4v) is 3.66. The van der Waals surface area contributed by atoms with E-state index in [1.54, 1.807) is 13.4 Å². The highest BCUT2D eigenvalue weighted by Gasteiger charge is 2.25. The van der Waals surface area contributed by atoms with Crippen molar-refractivity contribution < 1.29 is 14.3 Å². The fourth-order valence-electron chi connectivity index (χ4n) is 3.66. The van der Waals surface area contributed by atoms with E-state index in [1.807, 2.05) is 62.7 Å². The number of aromatic amines is 1. The number of amides is 2. The van der Waals surface area contributed by atoms with Gasteiger partial charge in [0.05, 0.1) is 11.8 Å². The van der Waals surface area contributed by atoms with Crippen LogP contribution >= 0.6 is 0 Å². The fraction of sp³-hybridized carbons (Fsp3) is 0.333. The van der Waals surface area contributed by atoms with Gasteiger partial charge in [0.1, 0.15) is 16.8 Å². The number of hydrogen-bond donors (Lipinski definition) is 2. The minimum absolute atomic E-state index is 0.0737. The Morgan fingerprint density at radius 3 is 2.70 bits per heavy atom. The minimum Gasteiger partial charge on any atom is -0.443 e. The van der Waals surface area contributed by atoms with Crippen molar-refractivity contribution in [3.63, 3.8) is 0 Å². The lowest BCUT2D eigenvalue weighted by Gasteiger charge is -2.24. The maximum absolute atomic E-state index is 12.7. The van der Waals surface area contributed by atoms with Crippen molar-refractivity contribution in [1.29, 1.82) is 0 Å². The van der Waals surface area contributed by atoms with Gasteiger partial charge in [-0.15, -0.1) is 0 Å². The van der Waals surface area contributed by atoms with Crippen molar-refractivity contribution in [1.82, 2.24) is 24.8 Å². The minimum atomic E-state index is -0.624. The molecule has 9 heteroatoms. The number of hydrogen-bond acceptors (Lipinski definition) is 5. The number of rotatable bonds is 4. The molecule has 1 aromatic carbocycles. The van der Waals surface area contributed by atoms with E-state index in [-0.39, 0.29) is 5.91 Å². The van der Waals surface area contributed by atoms with Crippen LogP contribution in [-0.4, -0.2) is 44.2 Å². The third-order valence-corrected chi connectivity index (χ3v) is 5.18. The second-order valence-corrected chi connectivity index (χ2v) is 9.08. The van der Waals surface area contributed by atoms with E-state index in [0.717, 1.165) is 27.7 Å². The summed E-state index contributed by atoms with van der Waals surface area (Å²) in [5, 5.41) is 3.72. The number of anilines is 1. The highest BCUT2D eigenvalue weighted by Crippen LogP contribution is 2.33. The van der Waals surface area contributed by atoms with Crippen LogP contribution in [0.3, 0.4) is 0 Å². The number of imidazole rings is 1. The topological polar surface area (TPSA) is 105 Å². The number of fused-ring (bicyclic) bond motifs is 3. The number of carbonyl (C=O) groups is 2. The van der Waals surface area contributed by atoms with Crippen molar-refractivity contribution in [2.45, 2.75) is 39.8 Å². The summed E-state index contributed by atoms with van der Waals surface area (Å²) in [6, 6.07) is 9.96. The summed E-state index contributed by atoms with van der Waals surface area (Å²) >= 11 is 0. The number of carbonyl (C=O) groups excluding carboxylic acids is 2. The number of ether oxygens (including phenoxy) is 1. The Hall–Kier alpha value is -3.88. The van der Waals surface area contributed by atoms with Crippen LogP contribution < -0.4 is 10.2 Å². The zero-order chi connectivity index (χ0) is 23.9. The van der Waals surface area contributed by atoms with Gasteiger partial charge < -0.3 is 19.6 Å². The van der Waals surface area contributed by atoms with Crippen LogP contribution in [0.2, 0.25) is 0 Å². The van der Waals surface area contributed by atoms with Gasteiger partial charge in [0.2, 0.25) is 5.91 Å². The predicted molar refractivity (Wildman–Crippen MR) is 128 cm³/mol. The smallest absolute Gasteiger partial charge is 0.415 e. The molecule has 4 aromatic rings. The van der Waals surface area contributed by atoms with Crippen LogP contribution in [-0.2, 0) is 23.1 Å². The normalized spacial score (nSPS) is 11.7. The standard InChI is InChI=1S/C24H28N6O3/c1-14(31)25-12-15-8-7-9-16(10-15)18-11-17-20-19(26-13-29(20)5)22(28-21(17)27-18)30(6)23(32)33-24(2,3)4/h7-11,13H,12H2,1-6H3,(H,25,31)(H,27,28). The van der Waals surface area contributed by atoms with Gasteiger partial charge in [0.15, 0.2) is 5.82 Å². The first-order valence-electron chi connectivity index (χ1n) is 10.7. The van der Waals surface area contributed by atoms with Crippen LogP contribution in [0.4, 0.5) is 10.6 Å². The van der Waals surface area contributed by atoms with Crippen LogP contribution in [0.25, 0.3) is 33.3 Å². The summed E-state index contributed by atoms with van der Waals surface area (Å²) in [6.45, 7) is 7.42. The Labute approximate surface area is 191 Å². The maximum Gasteiger partial charge on any atom is 0.415 e. The second-order valence-electron chi connectivity index (χ2n) is 9.08. The molecule has 4 rings (SSSR count). The van der Waals surface area contributed by atoms with Crippen molar-refractivity contribution in [3.8, 4) is 11.3 Å². The molecule has 0 saturated heterocycles. The number of benzene rings is 1. The first-order valence-corrected chi connectivity index (χ1v) is 10.7. The third kappa shape index (κ3) is 4.52. The number of aryl methyl sites for hydroxylation is 1. The molecule has 0 fully saturated rings. The van der Waals surface area contributed by atoms with Gasteiger partial charge in [0, 0.05) is 38.6 Å². The van der Waals surface area contributed by atoms with E-state index in [1.165, 1.54) is 11.8 Å². The van der Waals surface area contributed by atoms with E-state index in [0.29, 0.717) is 23.5 Å². The Kier molecular flexibility index (Phi) is 5.57. The van der Waals surface area contributed by atoms with Gasteiger partial charge >= 0.3 is 6.09 Å². The highest BCUT2D eigenvalue weighted by atomic mass is 16.6. The van der Waals surface area contributed by atoms with Gasteiger partial charge in [-0.05, 0) is 44.0 Å². The van der Waals surface area contributed by atoms with Crippen LogP contribution in [0.15, 0.2) is 36.7 Å². The first kappa shape index (κ1) is 22.3. The van der Waals surface area contributed by atoms with E-state index in [4.69, 9.17) is 9.72 Å². The number of H-pyrrole nitrogens is 1. The van der Waals surface area contributed by atoms with Crippen molar-refractivity contribution in [3.05, 3.63) is 42.2 Å². The van der Waals surface area contributed by atoms with Gasteiger partial charge in [-0.25, -0.2) is 14.8 Å². The van der Waals surface area contributed by atoms with Crippen molar-refractivity contribution in [2.24, 2.45) is 7.05 Å². The quantitative estimate of drug-likeness (QED) is 0.489. The summed E-state index contributed by atoms with van der Waals surface area (Å²) in [7, 11) is 3.54.